The molecule has 0 unspecified atom stereocenters. The Balaban J connectivity index is 1.94. The first-order valence-corrected chi connectivity index (χ1v) is 7.56. The van der Waals surface area contributed by atoms with Crippen molar-refractivity contribution in [3.63, 3.8) is 0 Å². The molecule has 0 bridgehead atoms. The molecule has 3 rings (SSSR count). The zero-order valence-corrected chi connectivity index (χ0v) is 12.5. The lowest BCUT2D eigenvalue weighted by atomic mass is 10.2. The molecule has 106 valence electrons. The molecule has 3 aromatic rings. The van der Waals surface area contributed by atoms with Crippen LogP contribution in [-0.4, -0.2) is 5.91 Å². The van der Waals surface area contributed by atoms with Crippen molar-refractivity contribution in [1.29, 1.82) is 0 Å². The highest BCUT2D eigenvalue weighted by Crippen LogP contribution is 2.22. The van der Waals surface area contributed by atoms with Crippen molar-refractivity contribution >= 4 is 22.9 Å². The molecule has 0 fully saturated rings. The maximum Gasteiger partial charge on any atom is 0.294 e. The number of amides is 1. The zero-order valence-electron chi connectivity index (χ0n) is 11.7. The van der Waals surface area contributed by atoms with Gasteiger partial charge in [-0.25, -0.2) is 0 Å². The summed E-state index contributed by atoms with van der Waals surface area (Å²) in [6.07, 6.45) is 1.52. The van der Waals surface area contributed by atoms with Crippen LogP contribution in [0.25, 0.3) is 0 Å². The Hall–Kier alpha value is -2.33. The predicted molar refractivity (Wildman–Crippen MR) is 84.7 cm³/mol. The van der Waals surface area contributed by atoms with Crippen LogP contribution in [0.3, 0.4) is 0 Å². The van der Waals surface area contributed by atoms with Gasteiger partial charge >= 0.3 is 0 Å². The fraction of sp³-hybridized carbons (Fsp3) is 0.118. The van der Waals surface area contributed by atoms with Crippen LogP contribution in [0.5, 0.6) is 0 Å². The molecule has 2 aromatic heterocycles. The Morgan fingerprint density at radius 3 is 2.57 bits per heavy atom. The van der Waals surface area contributed by atoms with Gasteiger partial charge in [0.15, 0.2) is 5.76 Å². The van der Waals surface area contributed by atoms with Gasteiger partial charge in [-0.2, -0.15) is 0 Å². The summed E-state index contributed by atoms with van der Waals surface area (Å²) in [4.78, 5) is 15.5. The second-order valence-electron chi connectivity index (χ2n) is 4.78. The van der Waals surface area contributed by atoms with Crippen molar-refractivity contribution < 1.29 is 9.21 Å². The number of aryl methyl sites for hydroxylation is 1. The molecular formula is C17H15NO2S. The molecule has 0 saturated carbocycles. The SMILES string of the molecule is Cc1ccc(N(Cc2cccs2)C(=O)c2ccco2)cc1. The molecular weight excluding hydrogens is 282 g/mol. The van der Waals surface area contributed by atoms with Crippen molar-refractivity contribution in [2.45, 2.75) is 13.5 Å². The highest BCUT2D eigenvalue weighted by molar-refractivity contribution is 7.09. The number of nitrogens with zero attached hydrogens (tertiary/aromatic N) is 1. The molecule has 0 aliphatic carbocycles. The van der Waals surface area contributed by atoms with E-state index in [4.69, 9.17) is 4.42 Å². The van der Waals surface area contributed by atoms with Crippen LogP contribution < -0.4 is 4.90 Å². The van der Waals surface area contributed by atoms with E-state index in [9.17, 15) is 4.79 Å². The Morgan fingerprint density at radius 1 is 1.14 bits per heavy atom. The lowest BCUT2D eigenvalue weighted by Gasteiger charge is -2.21. The summed E-state index contributed by atoms with van der Waals surface area (Å²) >= 11 is 1.64. The van der Waals surface area contributed by atoms with Crippen LogP contribution in [0.2, 0.25) is 0 Å². The van der Waals surface area contributed by atoms with E-state index in [2.05, 4.69) is 0 Å². The van der Waals surface area contributed by atoms with Gasteiger partial charge in [-0.3, -0.25) is 4.79 Å². The van der Waals surface area contributed by atoms with Gasteiger partial charge in [0.2, 0.25) is 0 Å². The van der Waals surface area contributed by atoms with Crippen LogP contribution >= 0.6 is 11.3 Å². The van der Waals surface area contributed by atoms with E-state index in [1.165, 1.54) is 11.8 Å². The van der Waals surface area contributed by atoms with Crippen molar-refractivity contribution in [3.05, 3.63) is 76.4 Å². The molecule has 0 aliphatic heterocycles. The summed E-state index contributed by atoms with van der Waals surface area (Å²) < 4.78 is 5.25. The van der Waals surface area contributed by atoms with Crippen LogP contribution in [0, 0.1) is 6.92 Å². The summed E-state index contributed by atoms with van der Waals surface area (Å²) in [5.41, 5.74) is 2.04. The van der Waals surface area contributed by atoms with Gasteiger partial charge in [0.1, 0.15) is 0 Å². The number of carbonyl (C=O) groups is 1. The summed E-state index contributed by atoms with van der Waals surface area (Å²) in [5, 5.41) is 2.01. The highest BCUT2D eigenvalue weighted by Gasteiger charge is 2.20. The molecule has 0 atom stereocenters. The highest BCUT2D eigenvalue weighted by atomic mass is 32.1. The topological polar surface area (TPSA) is 33.5 Å². The number of thiophene rings is 1. The lowest BCUT2D eigenvalue weighted by molar-refractivity contribution is 0.0958. The van der Waals surface area contributed by atoms with Gasteiger partial charge in [-0.1, -0.05) is 23.8 Å². The fourth-order valence-electron chi connectivity index (χ4n) is 2.10. The molecule has 0 radical (unpaired) electrons. The molecule has 0 N–H and O–H groups in total. The number of hydrogen-bond acceptors (Lipinski definition) is 3. The van der Waals surface area contributed by atoms with Gasteiger partial charge < -0.3 is 9.32 Å². The normalized spacial score (nSPS) is 10.5. The van der Waals surface area contributed by atoms with Gasteiger partial charge in [0, 0.05) is 10.6 Å². The second-order valence-corrected chi connectivity index (χ2v) is 5.82. The number of hydrogen-bond donors (Lipinski definition) is 0. The van der Waals surface area contributed by atoms with E-state index in [0.717, 1.165) is 10.6 Å². The summed E-state index contributed by atoms with van der Waals surface area (Å²) in [5.74, 6) is 0.226. The largest absolute Gasteiger partial charge is 0.459 e. The molecule has 21 heavy (non-hydrogen) atoms. The summed E-state index contributed by atoms with van der Waals surface area (Å²) in [6.45, 7) is 2.57. The third kappa shape index (κ3) is 3.06. The fourth-order valence-corrected chi connectivity index (χ4v) is 2.79. The Morgan fingerprint density at radius 2 is 1.95 bits per heavy atom. The minimum Gasteiger partial charge on any atom is -0.459 e. The van der Waals surface area contributed by atoms with E-state index in [1.54, 1.807) is 28.4 Å². The van der Waals surface area contributed by atoms with E-state index < -0.39 is 0 Å². The lowest BCUT2D eigenvalue weighted by Crippen LogP contribution is -2.29. The molecule has 0 saturated heterocycles. The number of rotatable bonds is 4. The number of anilines is 1. The first-order chi connectivity index (χ1) is 10.2. The maximum atomic E-state index is 12.7. The van der Waals surface area contributed by atoms with E-state index >= 15 is 0 Å². The van der Waals surface area contributed by atoms with Gasteiger partial charge in [-0.05, 0) is 42.6 Å². The predicted octanol–water partition coefficient (Wildman–Crippen LogP) is 4.50. The van der Waals surface area contributed by atoms with Crippen LogP contribution in [-0.2, 0) is 6.54 Å². The smallest absolute Gasteiger partial charge is 0.294 e. The average Bonchev–Trinajstić information content (AvgIpc) is 3.18. The maximum absolute atomic E-state index is 12.7. The number of benzene rings is 1. The molecule has 2 heterocycles. The molecule has 1 amide bonds. The van der Waals surface area contributed by atoms with Crippen molar-refractivity contribution in [2.24, 2.45) is 0 Å². The van der Waals surface area contributed by atoms with E-state index in [-0.39, 0.29) is 5.91 Å². The average molecular weight is 297 g/mol. The van der Waals surface area contributed by atoms with Gasteiger partial charge in [-0.15, -0.1) is 11.3 Å². The number of furan rings is 1. The van der Waals surface area contributed by atoms with Crippen molar-refractivity contribution in [2.75, 3.05) is 4.90 Å². The van der Waals surface area contributed by atoms with Crippen LogP contribution in [0.1, 0.15) is 21.0 Å². The Bertz CT molecular complexity index is 700. The van der Waals surface area contributed by atoms with Crippen LogP contribution in [0.4, 0.5) is 5.69 Å². The third-order valence-corrected chi connectivity index (χ3v) is 4.08. The number of carbonyl (C=O) groups excluding carboxylic acids is 1. The van der Waals surface area contributed by atoms with Crippen molar-refractivity contribution in [1.82, 2.24) is 0 Å². The second kappa shape index (κ2) is 5.97. The van der Waals surface area contributed by atoms with Gasteiger partial charge in [0.05, 0.1) is 12.8 Å². The minimum atomic E-state index is -0.128. The standard InChI is InChI=1S/C17H15NO2S/c1-13-6-8-14(9-7-13)18(12-15-4-3-11-21-15)17(19)16-5-2-10-20-16/h2-11H,12H2,1H3. The quantitative estimate of drug-likeness (QED) is 0.710. The van der Waals surface area contributed by atoms with Crippen molar-refractivity contribution in [3.8, 4) is 0 Å². The molecule has 1 aromatic carbocycles. The minimum absolute atomic E-state index is 0.128. The van der Waals surface area contributed by atoms with Gasteiger partial charge in [0.25, 0.3) is 5.91 Å². The van der Waals surface area contributed by atoms with E-state index in [0.29, 0.717) is 12.3 Å². The van der Waals surface area contributed by atoms with Crippen LogP contribution in [0.15, 0.2) is 64.6 Å². The summed E-state index contributed by atoms with van der Waals surface area (Å²) in [7, 11) is 0. The molecule has 3 nitrogen and oxygen atoms in total. The Kier molecular flexibility index (Phi) is 3.88. The summed E-state index contributed by atoms with van der Waals surface area (Å²) in [6, 6.07) is 15.4. The van der Waals surface area contributed by atoms with E-state index in [1.807, 2.05) is 48.7 Å². The monoisotopic (exact) mass is 297 g/mol. The zero-order chi connectivity index (χ0) is 14.7. The molecule has 0 aliphatic rings. The molecule has 4 heteroatoms. The Labute approximate surface area is 127 Å². The third-order valence-electron chi connectivity index (χ3n) is 3.22. The first-order valence-electron chi connectivity index (χ1n) is 6.68. The first kappa shape index (κ1) is 13.6. The molecule has 0 spiro atoms.